The smallest absolute Gasteiger partial charge is 0.126 e. The van der Waals surface area contributed by atoms with Crippen LogP contribution in [0.5, 0.6) is 5.75 Å². The second kappa shape index (κ2) is 6.91. The largest absolute Gasteiger partial charge is 0.508 e. The molecule has 1 heterocycles. The Labute approximate surface area is 140 Å². The van der Waals surface area contributed by atoms with Gasteiger partial charge in [-0.15, -0.1) is 0 Å². The van der Waals surface area contributed by atoms with E-state index in [1.807, 2.05) is 12.1 Å². The topological polar surface area (TPSA) is 26.7 Å². The van der Waals surface area contributed by atoms with Crippen LogP contribution in [0.2, 0.25) is 0 Å². The minimum absolute atomic E-state index is 0.257. The number of phenols is 1. The second-order valence-electron chi connectivity index (χ2n) is 6.01. The zero-order chi connectivity index (χ0) is 17.1. The molecule has 1 aliphatic rings. The number of anilines is 1. The Hall–Kier alpha value is -2.56. The minimum atomic E-state index is -0.560. The van der Waals surface area contributed by atoms with Gasteiger partial charge in [-0.3, -0.25) is 0 Å². The van der Waals surface area contributed by atoms with E-state index in [9.17, 15) is 13.9 Å². The average Bonchev–Trinajstić information content (AvgIpc) is 2.55. The van der Waals surface area contributed by atoms with Crippen molar-refractivity contribution in [1.29, 1.82) is 0 Å². The highest BCUT2D eigenvalue weighted by molar-refractivity contribution is 5.49. The molecule has 2 aromatic rings. The van der Waals surface area contributed by atoms with Gasteiger partial charge in [-0.1, -0.05) is 6.58 Å². The predicted octanol–water partition coefficient (Wildman–Crippen LogP) is 3.55. The average molecular weight is 330 g/mol. The first-order valence-electron chi connectivity index (χ1n) is 7.93. The van der Waals surface area contributed by atoms with E-state index in [0.717, 1.165) is 43.6 Å². The number of allylic oxidation sites excluding steroid dienone is 1. The summed E-state index contributed by atoms with van der Waals surface area (Å²) in [5.74, 6) is -0.863. The van der Waals surface area contributed by atoms with E-state index in [1.165, 1.54) is 12.1 Å². The van der Waals surface area contributed by atoms with E-state index in [4.69, 9.17) is 0 Å². The molecule has 1 aliphatic heterocycles. The van der Waals surface area contributed by atoms with Gasteiger partial charge in [0, 0.05) is 50.1 Å². The molecule has 3 rings (SSSR count). The summed E-state index contributed by atoms with van der Waals surface area (Å²) in [5.41, 5.74) is 2.54. The number of hydrogen-bond acceptors (Lipinski definition) is 3. The molecule has 3 nitrogen and oxygen atoms in total. The van der Waals surface area contributed by atoms with Gasteiger partial charge in [-0.05, 0) is 42.0 Å². The highest BCUT2D eigenvalue weighted by atomic mass is 19.1. The molecule has 1 fully saturated rings. The molecule has 0 amide bonds. The normalized spacial score (nSPS) is 14.8. The molecule has 24 heavy (non-hydrogen) atoms. The number of nitrogens with zero attached hydrogens (tertiary/aromatic N) is 2. The Bertz CT molecular complexity index is 702. The molecule has 2 aromatic carbocycles. The van der Waals surface area contributed by atoms with Gasteiger partial charge in [-0.25, -0.2) is 8.78 Å². The van der Waals surface area contributed by atoms with Crippen LogP contribution in [0.15, 0.2) is 54.7 Å². The third-order valence-electron chi connectivity index (χ3n) is 4.27. The Kier molecular flexibility index (Phi) is 4.69. The van der Waals surface area contributed by atoms with Crippen LogP contribution in [-0.2, 0) is 6.42 Å². The monoisotopic (exact) mass is 330 g/mol. The van der Waals surface area contributed by atoms with Crippen molar-refractivity contribution in [2.45, 2.75) is 6.42 Å². The van der Waals surface area contributed by atoms with Crippen LogP contribution < -0.4 is 4.90 Å². The van der Waals surface area contributed by atoms with Crippen LogP contribution in [0.3, 0.4) is 0 Å². The fraction of sp³-hybridized carbons (Fsp3) is 0.263. The summed E-state index contributed by atoms with van der Waals surface area (Å²) in [7, 11) is 0. The van der Waals surface area contributed by atoms with Gasteiger partial charge in [0.2, 0.25) is 0 Å². The van der Waals surface area contributed by atoms with Crippen molar-refractivity contribution in [3.8, 4) is 5.75 Å². The van der Waals surface area contributed by atoms with Gasteiger partial charge in [0.05, 0.1) is 0 Å². The third kappa shape index (κ3) is 3.85. The number of halogens is 2. The lowest BCUT2D eigenvalue weighted by Gasteiger charge is -2.38. The van der Waals surface area contributed by atoms with Gasteiger partial charge in [0.15, 0.2) is 0 Å². The first-order valence-corrected chi connectivity index (χ1v) is 7.93. The predicted molar refractivity (Wildman–Crippen MR) is 91.1 cm³/mol. The van der Waals surface area contributed by atoms with E-state index < -0.39 is 11.6 Å². The number of piperazine rings is 1. The van der Waals surface area contributed by atoms with Gasteiger partial charge in [0.1, 0.15) is 17.4 Å². The highest BCUT2D eigenvalue weighted by Gasteiger charge is 2.18. The van der Waals surface area contributed by atoms with Crippen molar-refractivity contribution >= 4 is 5.69 Å². The lowest BCUT2D eigenvalue weighted by Crippen LogP contribution is -2.46. The van der Waals surface area contributed by atoms with Crippen molar-refractivity contribution in [1.82, 2.24) is 4.90 Å². The van der Waals surface area contributed by atoms with E-state index in [-0.39, 0.29) is 5.75 Å². The molecule has 0 spiro atoms. The fourth-order valence-electron chi connectivity index (χ4n) is 3.00. The highest BCUT2D eigenvalue weighted by Crippen LogP contribution is 2.22. The molecule has 0 aliphatic carbocycles. The van der Waals surface area contributed by atoms with Crippen LogP contribution in [0.25, 0.3) is 0 Å². The Balaban J connectivity index is 1.57. The van der Waals surface area contributed by atoms with Crippen LogP contribution in [0, 0.1) is 11.6 Å². The molecule has 0 aromatic heterocycles. The summed E-state index contributed by atoms with van der Waals surface area (Å²) in [6, 6.07) is 10.7. The Morgan fingerprint density at radius 1 is 0.958 bits per heavy atom. The van der Waals surface area contributed by atoms with Crippen molar-refractivity contribution in [2.24, 2.45) is 0 Å². The van der Waals surface area contributed by atoms with Crippen molar-refractivity contribution in [3.63, 3.8) is 0 Å². The van der Waals surface area contributed by atoms with Crippen LogP contribution in [-0.4, -0.2) is 36.2 Å². The van der Waals surface area contributed by atoms with Crippen LogP contribution in [0.1, 0.15) is 5.56 Å². The SMILES string of the molecule is C=C(Cc1cc(F)cc(F)c1)N1CCN(c2ccc(O)cc2)CC1. The van der Waals surface area contributed by atoms with Crippen molar-refractivity contribution < 1.29 is 13.9 Å². The van der Waals surface area contributed by atoms with Gasteiger partial charge in [0.25, 0.3) is 0 Å². The standard InChI is InChI=1S/C19H20F2N2O/c1-14(10-15-11-16(20)13-17(21)12-15)22-6-8-23(9-7-22)18-2-4-19(24)5-3-18/h2-5,11-13,24H,1,6-10H2. The molecule has 0 atom stereocenters. The first kappa shape index (κ1) is 16.3. The number of aromatic hydroxyl groups is 1. The van der Waals surface area contributed by atoms with Gasteiger partial charge < -0.3 is 14.9 Å². The summed E-state index contributed by atoms with van der Waals surface area (Å²) in [6.07, 6.45) is 0.438. The third-order valence-corrected chi connectivity index (χ3v) is 4.27. The maximum absolute atomic E-state index is 13.3. The maximum Gasteiger partial charge on any atom is 0.126 e. The van der Waals surface area contributed by atoms with E-state index in [1.54, 1.807) is 12.1 Å². The maximum atomic E-state index is 13.3. The Morgan fingerprint density at radius 2 is 1.54 bits per heavy atom. The number of phenolic OH excluding ortho intramolecular Hbond substituents is 1. The van der Waals surface area contributed by atoms with Gasteiger partial charge >= 0.3 is 0 Å². The van der Waals surface area contributed by atoms with Gasteiger partial charge in [-0.2, -0.15) is 0 Å². The zero-order valence-corrected chi connectivity index (χ0v) is 13.4. The summed E-state index contributed by atoms with van der Waals surface area (Å²) in [4.78, 5) is 4.39. The van der Waals surface area contributed by atoms with Crippen molar-refractivity contribution in [2.75, 3.05) is 31.1 Å². The second-order valence-corrected chi connectivity index (χ2v) is 6.01. The summed E-state index contributed by atoms with van der Waals surface area (Å²) in [6.45, 7) is 7.35. The number of hydrogen-bond donors (Lipinski definition) is 1. The van der Waals surface area contributed by atoms with Crippen LogP contribution >= 0.6 is 0 Å². The lowest BCUT2D eigenvalue weighted by atomic mass is 10.1. The fourth-order valence-corrected chi connectivity index (χ4v) is 3.00. The minimum Gasteiger partial charge on any atom is -0.508 e. The molecule has 0 bridgehead atoms. The molecular weight excluding hydrogens is 310 g/mol. The molecule has 5 heteroatoms. The van der Waals surface area contributed by atoms with Crippen LogP contribution in [0.4, 0.5) is 14.5 Å². The molecular formula is C19H20F2N2O. The Morgan fingerprint density at radius 3 is 2.12 bits per heavy atom. The first-order chi connectivity index (χ1) is 11.5. The molecule has 0 radical (unpaired) electrons. The summed E-state index contributed by atoms with van der Waals surface area (Å²) in [5, 5.41) is 9.36. The molecule has 0 unspecified atom stereocenters. The number of rotatable bonds is 4. The molecule has 1 saturated heterocycles. The summed E-state index contributed by atoms with van der Waals surface area (Å²) < 4.78 is 26.6. The van der Waals surface area contributed by atoms with Crippen molar-refractivity contribution in [3.05, 3.63) is 71.9 Å². The van der Waals surface area contributed by atoms with E-state index in [2.05, 4.69) is 16.4 Å². The quantitative estimate of drug-likeness (QED) is 0.929. The van der Waals surface area contributed by atoms with E-state index >= 15 is 0 Å². The molecule has 1 N–H and O–H groups in total. The van der Waals surface area contributed by atoms with E-state index in [0.29, 0.717) is 12.0 Å². The zero-order valence-electron chi connectivity index (χ0n) is 13.4. The molecule has 0 saturated carbocycles. The summed E-state index contributed by atoms with van der Waals surface area (Å²) >= 11 is 0. The molecule has 126 valence electrons. The number of benzene rings is 2. The lowest BCUT2D eigenvalue weighted by molar-refractivity contribution is 0.316.